The molecule has 4 atom stereocenters. The topological polar surface area (TPSA) is 49.5 Å². The maximum Gasteiger partial charge on any atom is 0.302 e. The second kappa shape index (κ2) is 2.82. The summed E-state index contributed by atoms with van der Waals surface area (Å²) in [7, 11) is 1.96. The molecular weight excluding hydrogens is 170 g/mol. The monoisotopic (exact) mass is 183 g/mol. The molecule has 1 unspecified atom stereocenters. The van der Waals surface area contributed by atoms with Crippen molar-refractivity contribution in [2.45, 2.75) is 25.1 Å². The molecule has 1 saturated heterocycles. The lowest BCUT2D eigenvalue weighted by molar-refractivity contribution is -0.140. The fourth-order valence-electron chi connectivity index (χ4n) is 2.01. The predicted molar refractivity (Wildman–Crippen MR) is 46.1 cm³/mol. The zero-order valence-electron chi connectivity index (χ0n) is 7.73. The van der Waals surface area contributed by atoms with Crippen LogP contribution in [0.5, 0.6) is 0 Å². The molecule has 1 aliphatic carbocycles. The molecule has 0 radical (unpaired) electrons. The van der Waals surface area contributed by atoms with E-state index in [1.165, 1.54) is 6.92 Å². The average molecular weight is 183 g/mol. The summed E-state index contributed by atoms with van der Waals surface area (Å²) in [4.78, 5) is 12.6. The van der Waals surface area contributed by atoms with Gasteiger partial charge in [0.1, 0.15) is 6.61 Å². The van der Waals surface area contributed by atoms with Gasteiger partial charge in [-0.2, -0.15) is 0 Å². The van der Waals surface area contributed by atoms with Crippen LogP contribution in [0.3, 0.4) is 0 Å². The molecule has 4 heteroatoms. The van der Waals surface area contributed by atoms with E-state index in [0.717, 1.165) is 5.57 Å². The number of aliphatic hydroxyl groups is 1. The summed E-state index contributed by atoms with van der Waals surface area (Å²) in [5.74, 6) is -0.276. The van der Waals surface area contributed by atoms with Crippen LogP contribution in [-0.2, 0) is 9.53 Å². The molecule has 0 aromatic heterocycles. The lowest BCUT2D eigenvalue weighted by Crippen LogP contribution is -2.14. The van der Waals surface area contributed by atoms with Crippen molar-refractivity contribution >= 4 is 5.97 Å². The minimum absolute atomic E-state index is 0.227. The molecular formula is C9H13NO3. The summed E-state index contributed by atoms with van der Waals surface area (Å²) in [6, 6.07) is 0.528. The molecule has 0 saturated carbocycles. The van der Waals surface area contributed by atoms with E-state index >= 15 is 0 Å². The van der Waals surface area contributed by atoms with Crippen molar-refractivity contribution in [2.24, 2.45) is 0 Å². The van der Waals surface area contributed by atoms with Crippen molar-refractivity contribution in [3.63, 3.8) is 0 Å². The van der Waals surface area contributed by atoms with Gasteiger partial charge in [-0.25, -0.2) is 0 Å². The number of hydrogen-bond donors (Lipinski definition) is 1. The lowest BCUT2D eigenvalue weighted by atomic mass is 10.2. The Morgan fingerprint density at radius 3 is 2.92 bits per heavy atom. The van der Waals surface area contributed by atoms with Crippen molar-refractivity contribution in [1.29, 1.82) is 0 Å². The van der Waals surface area contributed by atoms with Crippen LogP contribution in [0.1, 0.15) is 6.92 Å². The van der Waals surface area contributed by atoms with E-state index in [1.54, 1.807) is 6.08 Å². The lowest BCUT2D eigenvalue weighted by Gasteiger charge is -2.06. The molecule has 72 valence electrons. The fraction of sp³-hybridized carbons (Fsp3) is 0.667. The molecule has 2 rings (SSSR count). The van der Waals surface area contributed by atoms with Crippen LogP contribution in [0, 0.1) is 0 Å². The molecule has 2 aliphatic rings. The van der Waals surface area contributed by atoms with E-state index in [2.05, 4.69) is 4.90 Å². The second-order valence-corrected chi connectivity index (χ2v) is 3.61. The summed E-state index contributed by atoms with van der Waals surface area (Å²) >= 11 is 0. The van der Waals surface area contributed by atoms with Crippen LogP contribution in [0.4, 0.5) is 0 Å². The van der Waals surface area contributed by atoms with Gasteiger partial charge in [0, 0.05) is 6.92 Å². The van der Waals surface area contributed by atoms with Gasteiger partial charge in [-0.3, -0.25) is 9.69 Å². The van der Waals surface area contributed by atoms with Crippen LogP contribution >= 0.6 is 0 Å². The predicted octanol–water partition coefficient (Wildman–Crippen LogP) is -0.467. The number of fused-ring (bicyclic) bond motifs is 1. The Morgan fingerprint density at radius 1 is 1.77 bits per heavy atom. The normalized spacial score (nSPS) is 41.0. The van der Waals surface area contributed by atoms with Crippen LogP contribution < -0.4 is 0 Å². The SMILES string of the molecule is CC(=O)OCC1=C[C@H](O)[C@@H]2[C@H]1N2C. The Bertz CT molecular complexity index is 274. The number of carbonyl (C=O) groups excluding carboxylic acids is 1. The summed E-state index contributed by atoms with van der Waals surface area (Å²) < 4.78 is 4.87. The summed E-state index contributed by atoms with van der Waals surface area (Å²) in [5, 5.41) is 9.49. The molecule has 13 heavy (non-hydrogen) atoms. The van der Waals surface area contributed by atoms with Gasteiger partial charge in [0.25, 0.3) is 0 Å². The molecule has 0 aromatic rings. The Hall–Kier alpha value is -0.870. The highest BCUT2D eigenvalue weighted by molar-refractivity contribution is 5.66. The van der Waals surface area contributed by atoms with Gasteiger partial charge in [-0.1, -0.05) is 6.08 Å². The number of esters is 1. The van der Waals surface area contributed by atoms with Crippen LogP contribution in [0.15, 0.2) is 11.6 Å². The van der Waals surface area contributed by atoms with Gasteiger partial charge in [0.15, 0.2) is 0 Å². The molecule has 0 amide bonds. The van der Waals surface area contributed by atoms with Crippen LogP contribution in [0.25, 0.3) is 0 Å². The first-order valence-electron chi connectivity index (χ1n) is 4.35. The Balaban J connectivity index is 1.94. The Morgan fingerprint density at radius 2 is 2.46 bits per heavy atom. The average Bonchev–Trinajstić information content (AvgIpc) is 2.55. The van der Waals surface area contributed by atoms with Crippen molar-refractivity contribution in [3.8, 4) is 0 Å². The highest BCUT2D eigenvalue weighted by Gasteiger charge is 2.54. The smallest absolute Gasteiger partial charge is 0.302 e. The van der Waals surface area contributed by atoms with Gasteiger partial charge in [0.2, 0.25) is 0 Å². The van der Waals surface area contributed by atoms with E-state index in [0.29, 0.717) is 12.6 Å². The van der Waals surface area contributed by atoms with Crippen molar-refractivity contribution < 1.29 is 14.6 Å². The summed E-state index contributed by atoms with van der Waals surface area (Å²) in [6.45, 7) is 1.71. The first-order chi connectivity index (χ1) is 6.11. The van der Waals surface area contributed by atoms with Gasteiger partial charge < -0.3 is 9.84 Å². The van der Waals surface area contributed by atoms with Gasteiger partial charge in [0.05, 0.1) is 18.2 Å². The van der Waals surface area contributed by atoms with Crippen LogP contribution in [-0.4, -0.2) is 47.8 Å². The van der Waals surface area contributed by atoms with E-state index < -0.39 is 0 Å². The molecule has 0 spiro atoms. The van der Waals surface area contributed by atoms with Crippen molar-refractivity contribution in [1.82, 2.24) is 4.90 Å². The fourth-order valence-corrected chi connectivity index (χ4v) is 2.01. The molecule has 1 fully saturated rings. The number of rotatable bonds is 2. The maximum absolute atomic E-state index is 10.6. The van der Waals surface area contributed by atoms with E-state index in [1.807, 2.05) is 7.05 Å². The van der Waals surface area contributed by atoms with Gasteiger partial charge in [-0.15, -0.1) is 0 Å². The number of aliphatic hydroxyl groups excluding tert-OH is 1. The van der Waals surface area contributed by atoms with Gasteiger partial charge in [-0.05, 0) is 12.6 Å². The summed E-state index contributed by atoms with van der Waals surface area (Å²) in [6.07, 6.45) is 1.40. The molecule has 1 heterocycles. The Kier molecular flexibility index (Phi) is 1.89. The third-order valence-corrected chi connectivity index (χ3v) is 2.70. The second-order valence-electron chi connectivity index (χ2n) is 3.61. The summed E-state index contributed by atoms with van der Waals surface area (Å²) in [5.41, 5.74) is 1.02. The zero-order valence-corrected chi connectivity index (χ0v) is 7.73. The zero-order chi connectivity index (χ0) is 9.59. The van der Waals surface area contributed by atoms with Gasteiger partial charge >= 0.3 is 5.97 Å². The molecule has 1 N–H and O–H groups in total. The highest BCUT2D eigenvalue weighted by atomic mass is 16.5. The third-order valence-electron chi connectivity index (χ3n) is 2.70. The first-order valence-corrected chi connectivity index (χ1v) is 4.35. The number of hydrogen-bond acceptors (Lipinski definition) is 4. The standard InChI is InChI=1S/C9H13NO3/c1-5(11)13-4-6-3-7(12)9-8(6)10(9)2/h3,7-9,12H,4H2,1-2H3/t7-,8-,9+,10?/m0/s1. The van der Waals surface area contributed by atoms with E-state index in [9.17, 15) is 9.90 Å². The number of nitrogens with zero attached hydrogens (tertiary/aromatic N) is 1. The quantitative estimate of drug-likeness (QED) is 0.357. The molecule has 0 bridgehead atoms. The largest absolute Gasteiger partial charge is 0.461 e. The number of carbonyl (C=O) groups is 1. The molecule has 0 aromatic carbocycles. The van der Waals surface area contributed by atoms with Crippen molar-refractivity contribution in [3.05, 3.63) is 11.6 Å². The molecule has 4 nitrogen and oxygen atoms in total. The van der Waals surface area contributed by atoms with Crippen molar-refractivity contribution in [2.75, 3.05) is 13.7 Å². The van der Waals surface area contributed by atoms with Crippen LogP contribution in [0.2, 0.25) is 0 Å². The minimum atomic E-state index is -0.388. The Labute approximate surface area is 76.8 Å². The van der Waals surface area contributed by atoms with E-state index in [4.69, 9.17) is 4.74 Å². The number of likely N-dealkylation sites (N-methyl/N-ethyl adjacent to an activating group) is 1. The maximum atomic E-state index is 10.6. The third kappa shape index (κ3) is 1.36. The first kappa shape index (κ1) is 8.72. The van der Waals surface area contributed by atoms with E-state index in [-0.39, 0.29) is 18.1 Å². The number of ether oxygens (including phenoxy) is 1. The molecule has 1 aliphatic heterocycles. The minimum Gasteiger partial charge on any atom is -0.461 e. The highest BCUT2D eigenvalue weighted by Crippen LogP contribution is 2.40.